The molecule has 1 aliphatic carbocycles. The SMILES string of the molecule is C#CCNC(=O)C1=C[C@H](C2CCCC2)C[C@H](OCCN(CCO)S(=O)(=O)c2ccc(OC)cc2)O1. The predicted molar refractivity (Wildman–Crippen MR) is 130 cm³/mol. The van der Waals surface area contributed by atoms with E-state index in [4.69, 9.17) is 20.6 Å². The molecule has 1 saturated carbocycles. The number of hydrogen-bond acceptors (Lipinski definition) is 7. The highest BCUT2D eigenvalue weighted by Crippen LogP contribution is 2.38. The van der Waals surface area contributed by atoms with Crippen LogP contribution in [0, 0.1) is 24.2 Å². The van der Waals surface area contributed by atoms with Gasteiger partial charge in [0.05, 0.1) is 31.8 Å². The van der Waals surface area contributed by atoms with Gasteiger partial charge in [-0.1, -0.05) is 18.8 Å². The van der Waals surface area contributed by atoms with E-state index in [1.54, 1.807) is 12.1 Å². The summed E-state index contributed by atoms with van der Waals surface area (Å²) < 4.78 is 44.1. The Balaban J connectivity index is 1.65. The minimum Gasteiger partial charge on any atom is -0.497 e. The van der Waals surface area contributed by atoms with Crippen molar-refractivity contribution in [3.63, 3.8) is 0 Å². The first kappa shape index (κ1) is 27.0. The molecule has 10 heteroatoms. The summed E-state index contributed by atoms with van der Waals surface area (Å²) in [5.41, 5.74) is 0. The van der Waals surface area contributed by atoms with E-state index in [-0.39, 0.29) is 55.3 Å². The van der Waals surface area contributed by atoms with Crippen molar-refractivity contribution in [3.8, 4) is 18.1 Å². The van der Waals surface area contributed by atoms with Crippen molar-refractivity contribution >= 4 is 15.9 Å². The molecule has 0 aromatic heterocycles. The predicted octanol–water partition coefficient (Wildman–Crippen LogP) is 1.88. The van der Waals surface area contributed by atoms with E-state index >= 15 is 0 Å². The highest BCUT2D eigenvalue weighted by Gasteiger charge is 2.34. The Morgan fingerprint density at radius 3 is 2.60 bits per heavy atom. The van der Waals surface area contributed by atoms with Crippen LogP contribution in [0.5, 0.6) is 5.75 Å². The lowest BCUT2D eigenvalue weighted by molar-refractivity contribution is -0.151. The van der Waals surface area contributed by atoms with Crippen LogP contribution in [0.3, 0.4) is 0 Å². The molecule has 2 aliphatic rings. The molecule has 2 atom stereocenters. The number of sulfonamides is 1. The second-order valence-corrected chi connectivity index (χ2v) is 10.5. The van der Waals surface area contributed by atoms with Crippen LogP contribution in [0.2, 0.25) is 0 Å². The van der Waals surface area contributed by atoms with Gasteiger partial charge in [-0.3, -0.25) is 4.79 Å². The van der Waals surface area contributed by atoms with Crippen LogP contribution in [-0.4, -0.2) is 70.0 Å². The number of hydrogen-bond donors (Lipinski definition) is 2. The van der Waals surface area contributed by atoms with Gasteiger partial charge < -0.3 is 24.6 Å². The van der Waals surface area contributed by atoms with Crippen LogP contribution in [0.25, 0.3) is 0 Å². The first-order valence-corrected chi connectivity index (χ1v) is 13.3. The van der Waals surface area contributed by atoms with E-state index in [1.807, 2.05) is 6.08 Å². The second kappa shape index (κ2) is 12.9. The summed E-state index contributed by atoms with van der Waals surface area (Å²) in [5, 5.41) is 12.1. The van der Waals surface area contributed by atoms with Gasteiger partial charge in [-0.2, -0.15) is 4.31 Å². The van der Waals surface area contributed by atoms with E-state index in [0.29, 0.717) is 18.1 Å². The molecule has 35 heavy (non-hydrogen) atoms. The molecular formula is C25H34N2O7S. The molecule has 3 rings (SSSR count). The number of carbonyl (C=O) groups is 1. The fraction of sp³-hybridized carbons (Fsp3) is 0.560. The third kappa shape index (κ3) is 7.21. The topological polar surface area (TPSA) is 114 Å². The maximum Gasteiger partial charge on any atom is 0.286 e. The maximum atomic E-state index is 13.1. The molecule has 1 amide bonds. The number of allylic oxidation sites excluding steroid dienone is 1. The summed E-state index contributed by atoms with van der Waals surface area (Å²) in [6, 6.07) is 6.06. The van der Waals surface area contributed by atoms with Gasteiger partial charge in [0.2, 0.25) is 16.3 Å². The van der Waals surface area contributed by atoms with Crippen molar-refractivity contribution in [3.05, 3.63) is 36.1 Å². The molecular weight excluding hydrogens is 472 g/mol. The summed E-state index contributed by atoms with van der Waals surface area (Å²) >= 11 is 0. The van der Waals surface area contributed by atoms with Crippen molar-refractivity contribution in [1.82, 2.24) is 9.62 Å². The summed E-state index contributed by atoms with van der Waals surface area (Å²) in [4.78, 5) is 12.6. The minimum atomic E-state index is -3.85. The quantitative estimate of drug-likeness (QED) is 0.416. The lowest BCUT2D eigenvalue weighted by Crippen LogP contribution is -2.38. The summed E-state index contributed by atoms with van der Waals surface area (Å²) in [6.45, 7) is -0.255. The average molecular weight is 507 g/mol. The smallest absolute Gasteiger partial charge is 0.286 e. The number of nitrogens with one attached hydrogen (secondary N) is 1. The normalized spacial score (nSPS) is 20.7. The summed E-state index contributed by atoms with van der Waals surface area (Å²) in [7, 11) is -2.34. The molecule has 1 fully saturated rings. The van der Waals surface area contributed by atoms with Crippen LogP contribution in [0.15, 0.2) is 41.0 Å². The third-order valence-electron chi connectivity index (χ3n) is 6.36. The Morgan fingerprint density at radius 2 is 1.97 bits per heavy atom. The third-order valence-corrected chi connectivity index (χ3v) is 8.27. The number of aliphatic hydroxyl groups excluding tert-OH is 1. The largest absolute Gasteiger partial charge is 0.497 e. The molecule has 9 nitrogen and oxygen atoms in total. The lowest BCUT2D eigenvalue weighted by atomic mass is 9.86. The molecule has 0 radical (unpaired) electrons. The number of ether oxygens (including phenoxy) is 3. The van der Waals surface area contributed by atoms with Crippen molar-refractivity contribution in [2.45, 2.75) is 43.3 Å². The Labute approximate surface area is 207 Å². The number of nitrogens with zero attached hydrogens (tertiary/aromatic N) is 1. The van der Waals surface area contributed by atoms with E-state index in [0.717, 1.165) is 12.8 Å². The zero-order valence-corrected chi connectivity index (χ0v) is 20.8. The Kier molecular flexibility index (Phi) is 9.98. The van der Waals surface area contributed by atoms with Gasteiger partial charge in [0.25, 0.3) is 5.91 Å². The number of terminal acetylenes is 1. The standard InChI is InChI=1S/C25H34N2O7S/c1-3-12-26-25(29)23-17-20(19-6-4-5-7-19)18-24(34-23)33-16-14-27(13-15-28)35(30,31)22-10-8-21(32-2)9-11-22/h1,8-11,17,19-20,24,28H,4-7,12-16,18H2,2H3,(H,26,29)/t20-,24+/m0/s1. The highest BCUT2D eigenvalue weighted by molar-refractivity contribution is 7.89. The highest BCUT2D eigenvalue weighted by atomic mass is 32.2. The Bertz CT molecular complexity index is 1010. The minimum absolute atomic E-state index is 0.0191. The van der Waals surface area contributed by atoms with E-state index in [9.17, 15) is 18.3 Å². The summed E-state index contributed by atoms with van der Waals surface area (Å²) in [6.07, 6.45) is 11.5. The zero-order chi connectivity index (χ0) is 25.3. The van der Waals surface area contributed by atoms with Gasteiger partial charge in [0, 0.05) is 19.5 Å². The fourth-order valence-electron chi connectivity index (χ4n) is 4.52. The van der Waals surface area contributed by atoms with Gasteiger partial charge in [0.15, 0.2) is 5.76 Å². The molecule has 0 bridgehead atoms. The zero-order valence-electron chi connectivity index (χ0n) is 20.0. The molecule has 2 N–H and O–H groups in total. The molecule has 1 heterocycles. The monoisotopic (exact) mass is 506 g/mol. The molecule has 1 aromatic rings. The molecule has 0 unspecified atom stereocenters. The number of amides is 1. The fourth-order valence-corrected chi connectivity index (χ4v) is 5.94. The second-order valence-electron chi connectivity index (χ2n) is 8.58. The van der Waals surface area contributed by atoms with Crippen molar-refractivity contribution in [1.29, 1.82) is 0 Å². The van der Waals surface area contributed by atoms with Crippen LogP contribution < -0.4 is 10.1 Å². The van der Waals surface area contributed by atoms with E-state index in [1.165, 1.54) is 36.4 Å². The van der Waals surface area contributed by atoms with Crippen LogP contribution >= 0.6 is 0 Å². The number of rotatable bonds is 12. The number of carbonyl (C=O) groups excluding carboxylic acids is 1. The molecule has 192 valence electrons. The van der Waals surface area contributed by atoms with Crippen LogP contribution in [0.1, 0.15) is 32.1 Å². The average Bonchev–Trinajstić information content (AvgIpc) is 3.42. The molecule has 0 spiro atoms. The van der Waals surface area contributed by atoms with Crippen molar-refractivity contribution < 1.29 is 32.5 Å². The van der Waals surface area contributed by atoms with Gasteiger partial charge in [-0.25, -0.2) is 8.42 Å². The van der Waals surface area contributed by atoms with Crippen molar-refractivity contribution in [2.75, 3.05) is 40.0 Å². The number of methoxy groups -OCH3 is 1. The Morgan fingerprint density at radius 1 is 1.26 bits per heavy atom. The maximum absolute atomic E-state index is 13.1. The van der Waals surface area contributed by atoms with Gasteiger partial charge in [-0.15, -0.1) is 6.42 Å². The first-order chi connectivity index (χ1) is 16.9. The van der Waals surface area contributed by atoms with Crippen LogP contribution in [0.4, 0.5) is 0 Å². The lowest BCUT2D eigenvalue weighted by Gasteiger charge is -2.32. The number of benzene rings is 1. The molecule has 0 saturated heterocycles. The van der Waals surface area contributed by atoms with E-state index < -0.39 is 16.3 Å². The van der Waals surface area contributed by atoms with Gasteiger partial charge in [0.1, 0.15) is 5.75 Å². The van der Waals surface area contributed by atoms with Gasteiger partial charge >= 0.3 is 0 Å². The summed E-state index contributed by atoms with van der Waals surface area (Å²) in [5.74, 6) is 3.31. The molecule has 1 aliphatic heterocycles. The van der Waals surface area contributed by atoms with Gasteiger partial charge in [-0.05, 0) is 55.0 Å². The first-order valence-electron chi connectivity index (χ1n) is 11.9. The van der Waals surface area contributed by atoms with E-state index in [2.05, 4.69) is 11.2 Å². The molecule has 1 aromatic carbocycles. The number of aliphatic hydroxyl groups is 1. The Hall–Kier alpha value is -2.58. The van der Waals surface area contributed by atoms with Crippen LogP contribution in [-0.2, 0) is 24.3 Å². The van der Waals surface area contributed by atoms with Crippen molar-refractivity contribution in [2.24, 2.45) is 11.8 Å².